The van der Waals surface area contributed by atoms with Crippen LogP contribution in [-0.4, -0.2) is 30.1 Å². The number of hydrogen-bond donors (Lipinski definition) is 3. The Labute approximate surface area is 108 Å². The first kappa shape index (κ1) is 15.0. The SMILES string of the molecule is CCCCC(C(N)=O)[C@@H](CO)C[C@H]1CCNC1=O. The van der Waals surface area contributed by atoms with E-state index in [4.69, 9.17) is 5.73 Å². The van der Waals surface area contributed by atoms with E-state index in [0.717, 1.165) is 19.3 Å². The maximum atomic E-state index is 11.5. The molecule has 1 saturated heterocycles. The molecule has 0 aliphatic carbocycles. The predicted octanol–water partition coefficient (Wildman–Crippen LogP) is 0.413. The van der Waals surface area contributed by atoms with E-state index in [1.807, 2.05) is 0 Å². The van der Waals surface area contributed by atoms with Gasteiger partial charge in [-0.05, 0) is 25.2 Å². The number of carbonyl (C=O) groups is 2. The van der Waals surface area contributed by atoms with Crippen molar-refractivity contribution in [3.05, 3.63) is 0 Å². The maximum Gasteiger partial charge on any atom is 0.223 e. The second-order valence-corrected chi connectivity index (χ2v) is 5.11. The fourth-order valence-corrected chi connectivity index (χ4v) is 2.64. The average Bonchev–Trinajstić information content (AvgIpc) is 2.73. The molecule has 5 nitrogen and oxygen atoms in total. The molecule has 4 N–H and O–H groups in total. The van der Waals surface area contributed by atoms with Crippen LogP contribution in [0.5, 0.6) is 0 Å². The quantitative estimate of drug-likeness (QED) is 0.587. The highest BCUT2D eigenvalue weighted by atomic mass is 16.3. The highest BCUT2D eigenvalue weighted by Gasteiger charge is 2.32. The van der Waals surface area contributed by atoms with Crippen molar-refractivity contribution < 1.29 is 14.7 Å². The molecule has 0 radical (unpaired) electrons. The van der Waals surface area contributed by atoms with Crippen LogP contribution in [0.2, 0.25) is 0 Å². The number of amides is 2. The number of unbranched alkanes of at least 4 members (excludes halogenated alkanes) is 1. The van der Waals surface area contributed by atoms with E-state index in [9.17, 15) is 14.7 Å². The Morgan fingerprint density at radius 1 is 1.61 bits per heavy atom. The van der Waals surface area contributed by atoms with Gasteiger partial charge >= 0.3 is 0 Å². The van der Waals surface area contributed by atoms with Gasteiger partial charge in [-0.15, -0.1) is 0 Å². The van der Waals surface area contributed by atoms with Crippen LogP contribution in [-0.2, 0) is 9.59 Å². The third-order valence-electron chi connectivity index (χ3n) is 3.79. The molecule has 3 atom stereocenters. The molecular weight excluding hydrogens is 232 g/mol. The molecule has 1 fully saturated rings. The fourth-order valence-electron chi connectivity index (χ4n) is 2.64. The zero-order chi connectivity index (χ0) is 13.5. The van der Waals surface area contributed by atoms with Gasteiger partial charge in [0.15, 0.2) is 0 Å². The van der Waals surface area contributed by atoms with Gasteiger partial charge in [0.2, 0.25) is 11.8 Å². The minimum Gasteiger partial charge on any atom is -0.396 e. The Balaban J connectivity index is 2.60. The molecule has 18 heavy (non-hydrogen) atoms. The summed E-state index contributed by atoms with van der Waals surface area (Å²) in [6.45, 7) is 2.66. The van der Waals surface area contributed by atoms with Gasteiger partial charge in [-0.2, -0.15) is 0 Å². The topological polar surface area (TPSA) is 92.4 Å². The lowest BCUT2D eigenvalue weighted by molar-refractivity contribution is -0.127. The Kier molecular flexibility index (Phi) is 6.12. The van der Waals surface area contributed by atoms with Crippen molar-refractivity contribution in [1.29, 1.82) is 0 Å². The van der Waals surface area contributed by atoms with E-state index in [1.165, 1.54) is 0 Å². The van der Waals surface area contributed by atoms with Gasteiger partial charge in [-0.25, -0.2) is 0 Å². The molecule has 1 rings (SSSR count). The summed E-state index contributed by atoms with van der Waals surface area (Å²) in [6.07, 6.45) is 3.95. The molecule has 5 heteroatoms. The largest absolute Gasteiger partial charge is 0.396 e. The minimum absolute atomic E-state index is 0.0344. The molecule has 2 amide bonds. The number of rotatable bonds is 8. The maximum absolute atomic E-state index is 11.5. The summed E-state index contributed by atoms with van der Waals surface area (Å²) in [7, 11) is 0. The van der Waals surface area contributed by atoms with Gasteiger partial charge in [-0.3, -0.25) is 9.59 Å². The van der Waals surface area contributed by atoms with Crippen molar-refractivity contribution >= 4 is 11.8 Å². The van der Waals surface area contributed by atoms with Gasteiger partial charge < -0.3 is 16.2 Å². The average molecular weight is 256 g/mol. The first-order chi connectivity index (χ1) is 8.60. The molecule has 0 bridgehead atoms. The van der Waals surface area contributed by atoms with Crippen LogP contribution in [0, 0.1) is 17.8 Å². The van der Waals surface area contributed by atoms with Crippen LogP contribution in [0.3, 0.4) is 0 Å². The van der Waals surface area contributed by atoms with Crippen molar-refractivity contribution in [3.63, 3.8) is 0 Å². The van der Waals surface area contributed by atoms with E-state index < -0.39 is 0 Å². The molecule has 0 saturated carbocycles. The Morgan fingerprint density at radius 2 is 2.33 bits per heavy atom. The van der Waals surface area contributed by atoms with Crippen molar-refractivity contribution in [2.24, 2.45) is 23.5 Å². The van der Waals surface area contributed by atoms with Crippen LogP contribution in [0.25, 0.3) is 0 Å². The van der Waals surface area contributed by atoms with Crippen LogP contribution >= 0.6 is 0 Å². The summed E-state index contributed by atoms with van der Waals surface area (Å²) >= 11 is 0. The summed E-state index contributed by atoms with van der Waals surface area (Å²) in [6, 6.07) is 0. The normalized spacial score (nSPS) is 22.6. The standard InChI is InChI=1S/C13H24N2O3/c1-2-3-4-11(12(14)17)10(8-16)7-9-5-6-15-13(9)18/h9-11,16H,2-8H2,1H3,(H2,14,17)(H,15,18)/t9-,10-,11?/m1/s1. The fraction of sp³-hybridized carbons (Fsp3) is 0.846. The highest BCUT2D eigenvalue weighted by molar-refractivity contribution is 5.81. The van der Waals surface area contributed by atoms with Crippen molar-refractivity contribution in [3.8, 4) is 0 Å². The second kappa shape index (κ2) is 7.36. The number of aliphatic hydroxyl groups is 1. The molecule has 1 aliphatic heterocycles. The summed E-state index contributed by atoms with van der Waals surface area (Å²) in [5.41, 5.74) is 5.41. The van der Waals surface area contributed by atoms with E-state index in [1.54, 1.807) is 0 Å². The number of carbonyl (C=O) groups excluding carboxylic acids is 2. The van der Waals surface area contributed by atoms with Crippen molar-refractivity contribution in [1.82, 2.24) is 5.32 Å². The molecular formula is C13H24N2O3. The third-order valence-corrected chi connectivity index (χ3v) is 3.79. The van der Waals surface area contributed by atoms with E-state index in [2.05, 4.69) is 12.2 Å². The number of aliphatic hydroxyl groups excluding tert-OH is 1. The molecule has 0 aromatic rings. The van der Waals surface area contributed by atoms with Gasteiger partial charge in [0, 0.05) is 25.0 Å². The summed E-state index contributed by atoms with van der Waals surface area (Å²) in [5, 5.41) is 12.2. The highest BCUT2D eigenvalue weighted by Crippen LogP contribution is 2.27. The zero-order valence-corrected chi connectivity index (χ0v) is 11.0. The minimum atomic E-state index is -0.360. The molecule has 1 heterocycles. The summed E-state index contributed by atoms with van der Waals surface area (Å²) in [5.74, 6) is -0.912. The lowest BCUT2D eigenvalue weighted by Crippen LogP contribution is -2.34. The van der Waals surface area contributed by atoms with Crippen LogP contribution in [0.4, 0.5) is 0 Å². The second-order valence-electron chi connectivity index (χ2n) is 5.11. The van der Waals surface area contributed by atoms with Crippen molar-refractivity contribution in [2.75, 3.05) is 13.2 Å². The van der Waals surface area contributed by atoms with E-state index >= 15 is 0 Å². The molecule has 1 aliphatic rings. The first-order valence-electron chi connectivity index (χ1n) is 6.78. The monoisotopic (exact) mass is 256 g/mol. The number of nitrogens with two attached hydrogens (primary N) is 1. The van der Waals surface area contributed by atoms with Crippen LogP contribution in [0.15, 0.2) is 0 Å². The van der Waals surface area contributed by atoms with Crippen LogP contribution in [0.1, 0.15) is 39.0 Å². The Bertz CT molecular complexity index is 294. The van der Waals surface area contributed by atoms with E-state index in [0.29, 0.717) is 19.4 Å². The molecule has 0 aromatic carbocycles. The molecule has 1 unspecified atom stereocenters. The van der Waals surface area contributed by atoms with Crippen molar-refractivity contribution in [2.45, 2.75) is 39.0 Å². The lowest BCUT2D eigenvalue weighted by Gasteiger charge is -2.24. The van der Waals surface area contributed by atoms with Crippen LogP contribution < -0.4 is 11.1 Å². The molecule has 104 valence electrons. The van der Waals surface area contributed by atoms with Gasteiger partial charge in [0.05, 0.1) is 0 Å². The van der Waals surface area contributed by atoms with Gasteiger partial charge in [0.1, 0.15) is 0 Å². The van der Waals surface area contributed by atoms with Gasteiger partial charge in [0.25, 0.3) is 0 Å². The Hall–Kier alpha value is -1.10. The Morgan fingerprint density at radius 3 is 2.78 bits per heavy atom. The summed E-state index contributed by atoms with van der Waals surface area (Å²) in [4.78, 5) is 23.0. The smallest absolute Gasteiger partial charge is 0.223 e. The van der Waals surface area contributed by atoms with E-state index in [-0.39, 0.29) is 36.2 Å². The molecule has 0 aromatic heterocycles. The first-order valence-corrected chi connectivity index (χ1v) is 6.78. The summed E-state index contributed by atoms with van der Waals surface area (Å²) < 4.78 is 0. The predicted molar refractivity (Wildman–Crippen MR) is 68.5 cm³/mol. The third kappa shape index (κ3) is 3.98. The number of nitrogens with one attached hydrogen (secondary N) is 1. The molecule has 0 spiro atoms. The number of primary amides is 1. The van der Waals surface area contributed by atoms with Gasteiger partial charge in [-0.1, -0.05) is 19.8 Å². The number of hydrogen-bond acceptors (Lipinski definition) is 3. The zero-order valence-electron chi connectivity index (χ0n) is 11.0. The lowest BCUT2D eigenvalue weighted by atomic mass is 9.81.